The lowest BCUT2D eigenvalue weighted by molar-refractivity contribution is 0.298. The van der Waals surface area contributed by atoms with E-state index in [0.717, 1.165) is 23.2 Å². The number of nitrogens with zero attached hydrogens (tertiary/aromatic N) is 3. The molecule has 5 heteroatoms. The molecule has 0 N–H and O–H groups in total. The fourth-order valence-electron chi connectivity index (χ4n) is 1.50. The number of hydrogen-bond donors (Lipinski definition) is 0. The molecule has 0 saturated heterocycles. The van der Waals surface area contributed by atoms with Crippen molar-refractivity contribution in [2.45, 2.75) is 13.0 Å². The van der Waals surface area contributed by atoms with Crippen LogP contribution in [0.2, 0.25) is 0 Å². The Morgan fingerprint density at radius 3 is 2.72 bits per heavy atom. The molecule has 1 aromatic heterocycles. The van der Waals surface area contributed by atoms with Gasteiger partial charge in [-0.05, 0) is 40.2 Å². The fraction of sp³-hybridized carbons (Fsp3) is 0.231. The van der Waals surface area contributed by atoms with E-state index >= 15 is 0 Å². The van der Waals surface area contributed by atoms with Gasteiger partial charge in [-0.2, -0.15) is 10.4 Å². The maximum Gasteiger partial charge on any atom is 0.119 e. The van der Waals surface area contributed by atoms with E-state index in [-0.39, 0.29) is 0 Å². The summed E-state index contributed by atoms with van der Waals surface area (Å²) in [5, 5.41) is 12.8. The molecule has 0 radical (unpaired) electrons. The van der Waals surface area contributed by atoms with Crippen molar-refractivity contribution in [2.75, 3.05) is 6.61 Å². The predicted molar refractivity (Wildman–Crippen MR) is 71.2 cm³/mol. The Morgan fingerprint density at radius 2 is 2.11 bits per heavy atom. The van der Waals surface area contributed by atoms with Crippen LogP contribution in [-0.2, 0) is 6.54 Å². The Kier molecular flexibility index (Phi) is 4.37. The molecule has 0 bridgehead atoms. The van der Waals surface area contributed by atoms with Gasteiger partial charge in [0, 0.05) is 19.2 Å². The van der Waals surface area contributed by atoms with Crippen LogP contribution >= 0.6 is 15.9 Å². The molecule has 1 aromatic carbocycles. The van der Waals surface area contributed by atoms with Gasteiger partial charge in [-0.3, -0.25) is 4.68 Å². The summed E-state index contributed by atoms with van der Waals surface area (Å²) in [5.74, 6) is 0.788. The number of nitriles is 1. The van der Waals surface area contributed by atoms with Gasteiger partial charge in [0.1, 0.15) is 5.75 Å². The highest BCUT2D eigenvalue weighted by molar-refractivity contribution is 9.10. The van der Waals surface area contributed by atoms with Gasteiger partial charge in [0.2, 0.25) is 0 Å². The minimum atomic E-state index is 0.628. The first-order chi connectivity index (χ1) is 8.78. The Labute approximate surface area is 114 Å². The average molecular weight is 306 g/mol. The topological polar surface area (TPSA) is 50.8 Å². The second kappa shape index (κ2) is 6.22. The number of halogens is 1. The lowest BCUT2D eigenvalue weighted by Crippen LogP contribution is -2.04. The van der Waals surface area contributed by atoms with Gasteiger partial charge in [-0.15, -0.1) is 0 Å². The first-order valence-corrected chi connectivity index (χ1v) is 6.38. The largest absolute Gasteiger partial charge is 0.494 e. The minimum Gasteiger partial charge on any atom is -0.494 e. The van der Waals surface area contributed by atoms with Crippen LogP contribution in [0.5, 0.6) is 5.75 Å². The van der Waals surface area contributed by atoms with E-state index in [1.54, 1.807) is 18.3 Å². The SMILES string of the molecule is N#Cc1ccc(OCCCn2cc(Br)cn2)cc1. The zero-order valence-electron chi connectivity index (χ0n) is 9.71. The fourth-order valence-corrected chi connectivity index (χ4v) is 1.83. The van der Waals surface area contributed by atoms with Crippen LogP contribution in [0.25, 0.3) is 0 Å². The molecule has 0 aliphatic heterocycles. The second-order valence-corrected chi connectivity index (χ2v) is 4.68. The lowest BCUT2D eigenvalue weighted by atomic mass is 10.2. The molecule has 0 unspecified atom stereocenters. The second-order valence-electron chi connectivity index (χ2n) is 3.76. The molecule has 0 saturated carbocycles. The normalized spacial score (nSPS) is 10.0. The van der Waals surface area contributed by atoms with Crippen molar-refractivity contribution in [1.29, 1.82) is 5.26 Å². The number of aromatic nitrogens is 2. The van der Waals surface area contributed by atoms with E-state index in [9.17, 15) is 0 Å². The number of hydrogen-bond acceptors (Lipinski definition) is 3. The van der Waals surface area contributed by atoms with Crippen molar-refractivity contribution >= 4 is 15.9 Å². The predicted octanol–water partition coefficient (Wildman–Crippen LogP) is 2.99. The van der Waals surface area contributed by atoms with Crippen molar-refractivity contribution in [3.05, 3.63) is 46.7 Å². The maximum absolute atomic E-state index is 8.67. The molecule has 0 fully saturated rings. The smallest absolute Gasteiger partial charge is 0.119 e. The van der Waals surface area contributed by atoms with Crippen LogP contribution < -0.4 is 4.74 Å². The minimum absolute atomic E-state index is 0.628. The average Bonchev–Trinajstić information content (AvgIpc) is 2.81. The summed E-state index contributed by atoms with van der Waals surface area (Å²) in [7, 11) is 0. The molecule has 2 rings (SSSR count). The third-order valence-electron chi connectivity index (χ3n) is 2.39. The van der Waals surface area contributed by atoms with Gasteiger partial charge in [0.15, 0.2) is 0 Å². The number of ether oxygens (including phenoxy) is 1. The Bertz CT molecular complexity index is 542. The Morgan fingerprint density at radius 1 is 1.33 bits per heavy atom. The van der Waals surface area contributed by atoms with Crippen LogP contribution in [0.1, 0.15) is 12.0 Å². The van der Waals surface area contributed by atoms with Crippen molar-refractivity contribution in [1.82, 2.24) is 9.78 Å². The van der Waals surface area contributed by atoms with Gasteiger partial charge in [-0.1, -0.05) is 0 Å². The summed E-state index contributed by atoms with van der Waals surface area (Å²) < 4.78 is 8.42. The first-order valence-electron chi connectivity index (χ1n) is 5.59. The van der Waals surface area contributed by atoms with E-state index < -0.39 is 0 Å². The molecule has 0 spiro atoms. The Balaban J connectivity index is 1.73. The van der Waals surface area contributed by atoms with E-state index in [2.05, 4.69) is 27.1 Å². The number of aryl methyl sites for hydroxylation is 1. The highest BCUT2D eigenvalue weighted by Gasteiger charge is 1.97. The monoisotopic (exact) mass is 305 g/mol. The van der Waals surface area contributed by atoms with E-state index in [0.29, 0.717) is 12.2 Å². The van der Waals surface area contributed by atoms with E-state index in [1.807, 2.05) is 23.0 Å². The zero-order chi connectivity index (χ0) is 12.8. The highest BCUT2D eigenvalue weighted by Crippen LogP contribution is 2.12. The van der Waals surface area contributed by atoms with E-state index in [1.165, 1.54) is 0 Å². The molecule has 0 amide bonds. The third kappa shape index (κ3) is 3.60. The van der Waals surface area contributed by atoms with Crippen LogP contribution in [0, 0.1) is 11.3 Å². The standard InChI is InChI=1S/C13H12BrN3O/c14-12-9-16-17(10-12)6-1-7-18-13-4-2-11(8-15)3-5-13/h2-5,9-10H,1,6-7H2. The van der Waals surface area contributed by atoms with Gasteiger partial charge in [0.05, 0.1) is 28.9 Å². The van der Waals surface area contributed by atoms with Crippen molar-refractivity contribution in [3.8, 4) is 11.8 Å². The zero-order valence-corrected chi connectivity index (χ0v) is 11.3. The van der Waals surface area contributed by atoms with E-state index in [4.69, 9.17) is 10.00 Å². The first kappa shape index (κ1) is 12.7. The Hall–Kier alpha value is -1.80. The van der Waals surface area contributed by atoms with Gasteiger partial charge < -0.3 is 4.74 Å². The summed E-state index contributed by atoms with van der Waals surface area (Å²) >= 11 is 3.35. The third-order valence-corrected chi connectivity index (χ3v) is 2.79. The van der Waals surface area contributed by atoms with Gasteiger partial charge in [0.25, 0.3) is 0 Å². The van der Waals surface area contributed by atoms with Gasteiger partial charge in [-0.25, -0.2) is 0 Å². The summed E-state index contributed by atoms with van der Waals surface area (Å²) in [5.41, 5.74) is 0.642. The van der Waals surface area contributed by atoms with Crippen LogP contribution in [-0.4, -0.2) is 16.4 Å². The highest BCUT2D eigenvalue weighted by atomic mass is 79.9. The molecule has 0 atom stereocenters. The molecule has 1 heterocycles. The molecular formula is C13H12BrN3O. The molecule has 0 aliphatic rings. The van der Waals surface area contributed by atoms with Crippen LogP contribution in [0.4, 0.5) is 0 Å². The lowest BCUT2D eigenvalue weighted by Gasteiger charge is -2.06. The van der Waals surface area contributed by atoms with Crippen LogP contribution in [0.15, 0.2) is 41.1 Å². The molecule has 4 nitrogen and oxygen atoms in total. The maximum atomic E-state index is 8.67. The molecule has 18 heavy (non-hydrogen) atoms. The quantitative estimate of drug-likeness (QED) is 0.798. The summed E-state index contributed by atoms with van der Waals surface area (Å²) in [4.78, 5) is 0. The van der Waals surface area contributed by atoms with Crippen molar-refractivity contribution in [3.63, 3.8) is 0 Å². The van der Waals surface area contributed by atoms with Crippen LogP contribution in [0.3, 0.4) is 0 Å². The van der Waals surface area contributed by atoms with Gasteiger partial charge >= 0.3 is 0 Å². The summed E-state index contributed by atoms with van der Waals surface area (Å²) in [6.45, 7) is 1.45. The summed E-state index contributed by atoms with van der Waals surface area (Å²) in [6, 6.07) is 9.19. The molecule has 2 aromatic rings. The number of rotatable bonds is 5. The molecular weight excluding hydrogens is 294 g/mol. The van der Waals surface area contributed by atoms with Crippen molar-refractivity contribution < 1.29 is 4.74 Å². The number of benzene rings is 1. The molecule has 92 valence electrons. The van der Waals surface area contributed by atoms with Crippen molar-refractivity contribution in [2.24, 2.45) is 0 Å². The summed E-state index contributed by atoms with van der Waals surface area (Å²) in [6.07, 6.45) is 4.58. The molecule has 0 aliphatic carbocycles.